The Morgan fingerprint density at radius 3 is 2.71 bits per heavy atom. The number of benzene rings is 1. The second-order valence-electron chi connectivity index (χ2n) is 4.39. The van der Waals surface area contributed by atoms with Gasteiger partial charge in [0, 0.05) is 5.92 Å². The Kier molecular flexibility index (Phi) is 3.42. The molecule has 0 fully saturated rings. The maximum atomic E-state index is 11.8. The van der Waals surface area contributed by atoms with Crippen LogP contribution in [0, 0.1) is 5.92 Å². The van der Waals surface area contributed by atoms with E-state index in [0.717, 1.165) is 19.3 Å². The number of amides is 2. The molecule has 0 saturated carbocycles. The van der Waals surface area contributed by atoms with Crippen molar-refractivity contribution in [2.45, 2.75) is 19.3 Å². The Morgan fingerprint density at radius 2 is 2.00 bits per heavy atom. The van der Waals surface area contributed by atoms with Crippen LogP contribution in [0.4, 0.5) is 0 Å². The highest BCUT2D eigenvalue weighted by Crippen LogP contribution is 2.25. The fraction of sp³-hybridized carbons (Fsp3) is 0.385. The molecule has 90 valence electrons. The van der Waals surface area contributed by atoms with Crippen molar-refractivity contribution in [1.82, 2.24) is 5.32 Å². The molecule has 1 aromatic carbocycles. The van der Waals surface area contributed by atoms with Gasteiger partial charge in [-0.25, -0.2) is 0 Å². The van der Waals surface area contributed by atoms with Crippen LogP contribution in [0.25, 0.3) is 0 Å². The summed E-state index contributed by atoms with van der Waals surface area (Å²) in [6, 6.07) is 8.17. The molecular weight excluding hydrogens is 216 g/mol. The fourth-order valence-corrected chi connectivity index (χ4v) is 2.24. The summed E-state index contributed by atoms with van der Waals surface area (Å²) in [5, 5.41) is 2.57. The number of nitrogens with two attached hydrogens (primary N) is 1. The molecule has 0 spiro atoms. The summed E-state index contributed by atoms with van der Waals surface area (Å²) in [6.45, 7) is -0.0724. The van der Waals surface area contributed by atoms with E-state index in [-0.39, 0.29) is 18.4 Å². The highest BCUT2D eigenvalue weighted by molar-refractivity contribution is 5.85. The second kappa shape index (κ2) is 4.99. The first-order valence-corrected chi connectivity index (χ1v) is 5.79. The SMILES string of the molecule is NC(=O)CNC(=O)C1CCc2ccccc2C1. The third-order valence-corrected chi connectivity index (χ3v) is 3.15. The monoisotopic (exact) mass is 232 g/mol. The first-order chi connectivity index (χ1) is 8.16. The van der Waals surface area contributed by atoms with Crippen molar-refractivity contribution in [2.24, 2.45) is 11.7 Å². The maximum absolute atomic E-state index is 11.8. The van der Waals surface area contributed by atoms with Crippen molar-refractivity contribution in [2.75, 3.05) is 6.54 Å². The van der Waals surface area contributed by atoms with E-state index in [4.69, 9.17) is 5.73 Å². The highest BCUT2D eigenvalue weighted by atomic mass is 16.2. The van der Waals surface area contributed by atoms with Crippen molar-refractivity contribution in [3.05, 3.63) is 35.4 Å². The molecule has 0 aliphatic heterocycles. The minimum atomic E-state index is -0.505. The van der Waals surface area contributed by atoms with Crippen molar-refractivity contribution >= 4 is 11.8 Å². The number of rotatable bonds is 3. The van der Waals surface area contributed by atoms with Crippen LogP contribution in [0.1, 0.15) is 17.5 Å². The first kappa shape index (κ1) is 11.6. The second-order valence-corrected chi connectivity index (χ2v) is 4.39. The van der Waals surface area contributed by atoms with Gasteiger partial charge in [-0.1, -0.05) is 24.3 Å². The van der Waals surface area contributed by atoms with Crippen LogP contribution < -0.4 is 11.1 Å². The van der Waals surface area contributed by atoms with Gasteiger partial charge in [0.05, 0.1) is 6.54 Å². The summed E-state index contributed by atoms with van der Waals surface area (Å²) < 4.78 is 0. The molecule has 0 radical (unpaired) electrons. The molecule has 1 aromatic rings. The van der Waals surface area contributed by atoms with Gasteiger partial charge in [-0.15, -0.1) is 0 Å². The third kappa shape index (κ3) is 2.84. The Balaban J connectivity index is 1.97. The van der Waals surface area contributed by atoms with E-state index in [2.05, 4.69) is 17.4 Å². The van der Waals surface area contributed by atoms with Crippen LogP contribution in [0.15, 0.2) is 24.3 Å². The molecule has 2 rings (SSSR count). The number of primary amides is 1. The van der Waals surface area contributed by atoms with Crippen LogP contribution in [0.5, 0.6) is 0 Å². The molecule has 1 aliphatic rings. The van der Waals surface area contributed by atoms with Crippen molar-refractivity contribution < 1.29 is 9.59 Å². The van der Waals surface area contributed by atoms with Gasteiger partial charge in [-0.2, -0.15) is 0 Å². The van der Waals surface area contributed by atoms with Gasteiger partial charge in [0.25, 0.3) is 0 Å². The minimum absolute atomic E-state index is 0.0377. The molecule has 0 aromatic heterocycles. The summed E-state index contributed by atoms with van der Waals surface area (Å²) in [5.74, 6) is -0.614. The van der Waals surface area contributed by atoms with Gasteiger partial charge in [0.15, 0.2) is 0 Å². The van der Waals surface area contributed by atoms with Crippen LogP contribution >= 0.6 is 0 Å². The lowest BCUT2D eigenvalue weighted by Gasteiger charge is -2.23. The predicted molar refractivity (Wildman–Crippen MR) is 64.2 cm³/mol. The van der Waals surface area contributed by atoms with E-state index in [1.807, 2.05) is 12.1 Å². The molecule has 2 amide bonds. The number of carbonyl (C=O) groups is 2. The lowest BCUT2D eigenvalue weighted by Crippen LogP contribution is -2.39. The Morgan fingerprint density at radius 1 is 1.29 bits per heavy atom. The quantitative estimate of drug-likeness (QED) is 0.791. The number of hydrogen-bond donors (Lipinski definition) is 2. The fourth-order valence-electron chi connectivity index (χ4n) is 2.24. The van der Waals surface area contributed by atoms with E-state index >= 15 is 0 Å². The Hall–Kier alpha value is -1.84. The lowest BCUT2D eigenvalue weighted by molar-refractivity contribution is -0.128. The van der Waals surface area contributed by atoms with Crippen molar-refractivity contribution in [1.29, 1.82) is 0 Å². The predicted octanol–water partition coefficient (Wildman–Crippen LogP) is 0.393. The van der Waals surface area contributed by atoms with Gasteiger partial charge >= 0.3 is 0 Å². The molecule has 1 atom stereocenters. The maximum Gasteiger partial charge on any atom is 0.236 e. The van der Waals surface area contributed by atoms with E-state index in [9.17, 15) is 9.59 Å². The number of nitrogens with one attached hydrogen (secondary N) is 1. The lowest BCUT2D eigenvalue weighted by atomic mass is 9.83. The van der Waals surface area contributed by atoms with Crippen LogP contribution in [-0.2, 0) is 22.4 Å². The summed E-state index contributed by atoms with van der Waals surface area (Å²) in [4.78, 5) is 22.4. The number of carbonyl (C=O) groups excluding carboxylic acids is 2. The zero-order valence-corrected chi connectivity index (χ0v) is 9.61. The molecule has 0 saturated heterocycles. The number of hydrogen-bond acceptors (Lipinski definition) is 2. The molecule has 17 heavy (non-hydrogen) atoms. The van der Waals surface area contributed by atoms with Crippen molar-refractivity contribution in [3.63, 3.8) is 0 Å². The minimum Gasteiger partial charge on any atom is -0.368 e. The zero-order valence-electron chi connectivity index (χ0n) is 9.61. The molecule has 4 heteroatoms. The third-order valence-electron chi connectivity index (χ3n) is 3.15. The largest absolute Gasteiger partial charge is 0.368 e. The van der Waals surface area contributed by atoms with Crippen LogP contribution in [0.2, 0.25) is 0 Å². The summed E-state index contributed by atoms with van der Waals surface area (Å²) in [5.41, 5.74) is 7.55. The average Bonchev–Trinajstić information content (AvgIpc) is 2.35. The van der Waals surface area contributed by atoms with Gasteiger partial charge in [-0.05, 0) is 30.4 Å². The van der Waals surface area contributed by atoms with Crippen LogP contribution in [0.3, 0.4) is 0 Å². The molecule has 0 bridgehead atoms. The van der Waals surface area contributed by atoms with Gasteiger partial charge in [0.2, 0.25) is 11.8 Å². The molecule has 3 N–H and O–H groups in total. The van der Waals surface area contributed by atoms with Gasteiger partial charge < -0.3 is 11.1 Å². The normalized spacial score (nSPS) is 18.2. The highest BCUT2D eigenvalue weighted by Gasteiger charge is 2.24. The smallest absolute Gasteiger partial charge is 0.236 e. The standard InChI is InChI=1S/C13H16N2O2/c14-12(16)8-15-13(17)11-6-5-9-3-1-2-4-10(9)7-11/h1-4,11H,5-8H2,(H2,14,16)(H,15,17). The molecule has 1 unspecified atom stereocenters. The summed E-state index contributed by atoms with van der Waals surface area (Å²) >= 11 is 0. The molecule has 1 aliphatic carbocycles. The van der Waals surface area contributed by atoms with Crippen LogP contribution in [-0.4, -0.2) is 18.4 Å². The first-order valence-electron chi connectivity index (χ1n) is 5.79. The van der Waals surface area contributed by atoms with E-state index in [1.165, 1.54) is 11.1 Å². The summed E-state index contributed by atoms with van der Waals surface area (Å²) in [7, 11) is 0. The molecule has 4 nitrogen and oxygen atoms in total. The Labute approximate surface area is 100 Å². The Bertz CT molecular complexity index is 443. The molecule has 0 heterocycles. The van der Waals surface area contributed by atoms with E-state index in [0.29, 0.717) is 0 Å². The summed E-state index contributed by atoms with van der Waals surface area (Å²) in [6.07, 6.45) is 2.51. The molecular formula is C13H16N2O2. The number of aryl methyl sites for hydroxylation is 1. The van der Waals surface area contributed by atoms with E-state index < -0.39 is 5.91 Å². The van der Waals surface area contributed by atoms with E-state index in [1.54, 1.807) is 0 Å². The topological polar surface area (TPSA) is 72.2 Å². The van der Waals surface area contributed by atoms with Gasteiger partial charge in [0.1, 0.15) is 0 Å². The zero-order chi connectivity index (χ0) is 12.3. The number of fused-ring (bicyclic) bond motifs is 1. The van der Waals surface area contributed by atoms with Gasteiger partial charge in [-0.3, -0.25) is 9.59 Å². The average molecular weight is 232 g/mol. The van der Waals surface area contributed by atoms with Crippen molar-refractivity contribution in [3.8, 4) is 0 Å².